The summed E-state index contributed by atoms with van der Waals surface area (Å²) in [5.41, 5.74) is 6.78. The Morgan fingerprint density at radius 2 is 1.81 bits per heavy atom. The molecule has 5 nitrogen and oxygen atoms in total. The van der Waals surface area contributed by atoms with Crippen molar-refractivity contribution in [1.29, 1.82) is 0 Å². The molecular formula is C11H15NO4. The molecule has 0 fully saturated rings. The minimum atomic E-state index is -0.154. The molecule has 0 aromatic heterocycles. The zero-order valence-electron chi connectivity index (χ0n) is 8.85. The van der Waals surface area contributed by atoms with Crippen molar-refractivity contribution in [3.63, 3.8) is 0 Å². The van der Waals surface area contributed by atoms with Crippen LogP contribution in [0, 0.1) is 0 Å². The first kappa shape index (κ1) is 11.2. The molecule has 0 aliphatic carbocycles. The number of rotatable bonds is 3. The van der Waals surface area contributed by atoms with Gasteiger partial charge in [-0.15, -0.1) is 0 Å². The number of aliphatic hydroxyl groups is 2. The maximum absolute atomic E-state index is 9.14. The van der Waals surface area contributed by atoms with Crippen molar-refractivity contribution >= 4 is 0 Å². The quantitative estimate of drug-likeness (QED) is 0.661. The highest BCUT2D eigenvalue weighted by molar-refractivity contribution is 5.48. The van der Waals surface area contributed by atoms with Crippen molar-refractivity contribution in [2.24, 2.45) is 5.73 Å². The molecule has 0 saturated heterocycles. The summed E-state index contributed by atoms with van der Waals surface area (Å²) in [6.07, 6.45) is -0.154. The van der Waals surface area contributed by atoms with E-state index in [0.717, 1.165) is 0 Å². The molecule has 1 aromatic rings. The van der Waals surface area contributed by atoms with Crippen LogP contribution in [0.1, 0.15) is 11.1 Å². The maximum atomic E-state index is 9.14. The first-order valence-corrected chi connectivity index (χ1v) is 5.15. The van der Waals surface area contributed by atoms with E-state index in [1.165, 1.54) is 0 Å². The molecule has 1 atom stereocenters. The maximum Gasteiger partial charge on any atom is 0.162 e. The van der Waals surface area contributed by atoms with Crippen LogP contribution in [0.4, 0.5) is 0 Å². The lowest BCUT2D eigenvalue weighted by Crippen LogP contribution is -2.35. The van der Waals surface area contributed by atoms with Crippen LogP contribution in [0.5, 0.6) is 11.5 Å². The molecule has 0 saturated carbocycles. The highest BCUT2D eigenvalue weighted by atomic mass is 16.6. The van der Waals surface area contributed by atoms with E-state index in [1.807, 2.05) is 0 Å². The minimum absolute atomic E-state index is 0.132. The molecule has 1 aliphatic heterocycles. The van der Waals surface area contributed by atoms with E-state index in [1.54, 1.807) is 12.1 Å². The smallest absolute Gasteiger partial charge is 0.162 e. The van der Waals surface area contributed by atoms with Gasteiger partial charge in [0.05, 0.1) is 13.2 Å². The summed E-state index contributed by atoms with van der Waals surface area (Å²) in [5, 5.41) is 18.3. The zero-order chi connectivity index (χ0) is 11.5. The van der Waals surface area contributed by atoms with Gasteiger partial charge in [0.1, 0.15) is 12.7 Å². The average Bonchev–Trinajstić information content (AvgIpc) is 2.36. The average molecular weight is 225 g/mol. The van der Waals surface area contributed by atoms with Gasteiger partial charge in [-0.3, -0.25) is 0 Å². The van der Waals surface area contributed by atoms with Crippen LogP contribution >= 0.6 is 0 Å². The molecule has 4 N–H and O–H groups in total. The van der Waals surface area contributed by atoms with Crippen LogP contribution in [-0.4, -0.2) is 29.5 Å². The summed E-state index contributed by atoms with van der Waals surface area (Å²) < 4.78 is 11.1. The summed E-state index contributed by atoms with van der Waals surface area (Å²) in [4.78, 5) is 0. The Morgan fingerprint density at radius 3 is 2.38 bits per heavy atom. The molecule has 0 amide bonds. The van der Waals surface area contributed by atoms with Gasteiger partial charge in [-0.05, 0) is 23.3 Å². The highest BCUT2D eigenvalue weighted by Gasteiger charge is 2.21. The minimum Gasteiger partial charge on any atom is -0.486 e. The lowest BCUT2D eigenvalue weighted by atomic mass is 10.1. The van der Waals surface area contributed by atoms with E-state index in [-0.39, 0.29) is 19.3 Å². The first-order valence-electron chi connectivity index (χ1n) is 5.15. The third-order valence-corrected chi connectivity index (χ3v) is 2.59. The summed E-state index contributed by atoms with van der Waals surface area (Å²) >= 11 is 0. The molecule has 0 spiro atoms. The van der Waals surface area contributed by atoms with E-state index in [2.05, 4.69) is 0 Å². The second kappa shape index (κ2) is 4.69. The summed E-state index contributed by atoms with van der Waals surface area (Å²) in [7, 11) is 0. The highest BCUT2D eigenvalue weighted by Crippen LogP contribution is 2.34. The summed E-state index contributed by atoms with van der Waals surface area (Å²) in [5.74, 6) is 1.16. The third-order valence-electron chi connectivity index (χ3n) is 2.59. The van der Waals surface area contributed by atoms with E-state index >= 15 is 0 Å². The van der Waals surface area contributed by atoms with Crippen LogP contribution in [0.3, 0.4) is 0 Å². The second-order valence-corrected chi connectivity index (χ2v) is 3.67. The number of nitrogens with two attached hydrogens (primary N) is 1. The van der Waals surface area contributed by atoms with Gasteiger partial charge in [0.2, 0.25) is 0 Å². The van der Waals surface area contributed by atoms with Gasteiger partial charge in [0.25, 0.3) is 0 Å². The Labute approximate surface area is 93.4 Å². The van der Waals surface area contributed by atoms with Crippen molar-refractivity contribution in [2.75, 3.05) is 13.2 Å². The fourth-order valence-electron chi connectivity index (χ4n) is 1.66. The number of aliphatic hydroxyl groups excluding tert-OH is 2. The number of fused-ring (bicyclic) bond motifs is 1. The topological polar surface area (TPSA) is 84.9 Å². The van der Waals surface area contributed by atoms with Crippen LogP contribution < -0.4 is 15.2 Å². The molecule has 1 aromatic carbocycles. The van der Waals surface area contributed by atoms with Gasteiger partial charge < -0.3 is 25.4 Å². The number of benzene rings is 1. The van der Waals surface area contributed by atoms with Crippen LogP contribution in [-0.2, 0) is 13.2 Å². The molecule has 0 bridgehead atoms. The van der Waals surface area contributed by atoms with Gasteiger partial charge in [-0.25, -0.2) is 0 Å². The molecule has 0 radical (unpaired) electrons. The fraction of sp³-hybridized carbons (Fsp3) is 0.455. The van der Waals surface area contributed by atoms with E-state index in [4.69, 9.17) is 25.4 Å². The molecule has 2 rings (SSSR count). The van der Waals surface area contributed by atoms with E-state index in [9.17, 15) is 0 Å². The van der Waals surface area contributed by atoms with Crippen molar-refractivity contribution in [2.45, 2.75) is 19.3 Å². The molecule has 16 heavy (non-hydrogen) atoms. The number of hydrogen-bond acceptors (Lipinski definition) is 5. The predicted molar refractivity (Wildman–Crippen MR) is 57.3 cm³/mol. The van der Waals surface area contributed by atoms with Crippen molar-refractivity contribution in [1.82, 2.24) is 0 Å². The normalized spacial score (nSPS) is 18.6. The van der Waals surface area contributed by atoms with Crippen LogP contribution in [0.15, 0.2) is 12.1 Å². The Hall–Kier alpha value is -1.30. The van der Waals surface area contributed by atoms with Gasteiger partial charge in [-0.1, -0.05) is 0 Å². The van der Waals surface area contributed by atoms with Gasteiger partial charge in [0.15, 0.2) is 11.5 Å². The fourth-order valence-corrected chi connectivity index (χ4v) is 1.66. The van der Waals surface area contributed by atoms with Crippen molar-refractivity contribution in [3.8, 4) is 11.5 Å². The van der Waals surface area contributed by atoms with E-state index < -0.39 is 0 Å². The summed E-state index contributed by atoms with van der Waals surface area (Å²) in [6.45, 7) is 0.523. The third kappa shape index (κ3) is 1.97. The Bertz CT molecular complexity index is 380. The van der Waals surface area contributed by atoms with Crippen molar-refractivity contribution < 1.29 is 19.7 Å². The van der Waals surface area contributed by atoms with Gasteiger partial charge in [0, 0.05) is 6.54 Å². The standard InChI is InChI=1S/C11H15NO4/c12-3-9-6-15-10-1-7(4-13)8(5-14)2-11(10)16-9/h1-2,9,13-14H,3-6,12H2/t9-/m1/s1. The molecule has 1 heterocycles. The molecule has 5 heteroatoms. The molecule has 1 aliphatic rings. The molecule has 0 unspecified atom stereocenters. The monoisotopic (exact) mass is 225 g/mol. The van der Waals surface area contributed by atoms with Gasteiger partial charge in [-0.2, -0.15) is 0 Å². The van der Waals surface area contributed by atoms with Crippen LogP contribution in [0.25, 0.3) is 0 Å². The molecule has 88 valence electrons. The van der Waals surface area contributed by atoms with E-state index in [0.29, 0.717) is 35.8 Å². The van der Waals surface area contributed by atoms with Gasteiger partial charge >= 0.3 is 0 Å². The predicted octanol–water partition coefficient (Wildman–Crippen LogP) is -0.230. The largest absolute Gasteiger partial charge is 0.486 e. The SMILES string of the molecule is NC[C@@H]1COc2cc(CO)c(CO)cc2O1. The second-order valence-electron chi connectivity index (χ2n) is 3.67. The number of ether oxygens (including phenoxy) is 2. The summed E-state index contributed by atoms with van der Waals surface area (Å²) in [6, 6.07) is 3.37. The van der Waals surface area contributed by atoms with Crippen LogP contribution in [0.2, 0.25) is 0 Å². The first-order chi connectivity index (χ1) is 7.78. The Balaban J connectivity index is 2.34. The number of hydrogen-bond donors (Lipinski definition) is 3. The molecular weight excluding hydrogens is 210 g/mol. The lowest BCUT2D eigenvalue weighted by Gasteiger charge is -2.26. The zero-order valence-corrected chi connectivity index (χ0v) is 8.85. The van der Waals surface area contributed by atoms with Crippen molar-refractivity contribution in [3.05, 3.63) is 23.3 Å². The Kier molecular flexibility index (Phi) is 3.28. The Morgan fingerprint density at radius 1 is 1.19 bits per heavy atom. The lowest BCUT2D eigenvalue weighted by molar-refractivity contribution is 0.0960.